The van der Waals surface area contributed by atoms with Gasteiger partial charge < -0.3 is 24.4 Å². The van der Waals surface area contributed by atoms with Crippen LogP contribution in [-0.2, 0) is 20.3 Å². The van der Waals surface area contributed by atoms with Crippen LogP contribution in [0.1, 0.15) is 65.9 Å². The highest BCUT2D eigenvalue weighted by molar-refractivity contribution is 6.74. The summed E-state index contributed by atoms with van der Waals surface area (Å²) in [4.78, 5) is 9.04. The third kappa shape index (κ3) is 7.95. The Morgan fingerprint density at radius 2 is 1.83 bits per heavy atom. The van der Waals surface area contributed by atoms with E-state index in [1.807, 2.05) is 12.1 Å². The number of benzene rings is 1. The molecule has 1 aromatic heterocycles. The molecule has 1 saturated heterocycles. The van der Waals surface area contributed by atoms with Crippen molar-refractivity contribution in [2.24, 2.45) is 11.3 Å². The van der Waals surface area contributed by atoms with Crippen LogP contribution < -0.4 is 16.1 Å². The van der Waals surface area contributed by atoms with Gasteiger partial charge in [-0.15, -0.1) is 0 Å². The lowest BCUT2D eigenvalue weighted by molar-refractivity contribution is 0.0342. The lowest BCUT2D eigenvalue weighted by Gasteiger charge is -2.37. The predicted octanol–water partition coefficient (Wildman–Crippen LogP) is 7.31. The zero-order valence-electron chi connectivity index (χ0n) is 25.2. The molecular weight excluding hydrogens is 576 g/mol. The minimum Gasteiger partial charge on any atom is -0.413 e. The summed E-state index contributed by atoms with van der Waals surface area (Å²) >= 11 is 13.4. The van der Waals surface area contributed by atoms with Gasteiger partial charge in [0, 0.05) is 40.8 Å². The number of hydrogen-bond acceptors (Lipinski definition) is 8. The standard InChI is InChI=1S/C29H42BCl2N5O3Si/c1-28(2,3)41(6,7)40-16-20-12-21(13-22(31)25(20)30-38-17-29(4,5)18-39-30)35-27-34-15-23(32)26(37-27)36-24-11-9-8-10-19(24)14-33/h12-13,15,19,24H,8-11,16-18H2,1-7H3,(H2,34,35,36,37). The van der Waals surface area contributed by atoms with Crippen molar-refractivity contribution in [3.8, 4) is 6.07 Å². The first-order valence-corrected chi connectivity index (χ1v) is 18.0. The second-order valence-electron chi connectivity index (χ2n) is 13.5. The quantitative estimate of drug-likeness (QED) is 0.297. The van der Waals surface area contributed by atoms with Crippen molar-refractivity contribution in [1.82, 2.24) is 9.97 Å². The number of nitrogens with one attached hydrogen (secondary N) is 2. The second-order valence-corrected chi connectivity index (χ2v) is 19.1. The van der Waals surface area contributed by atoms with Crippen LogP contribution in [0.2, 0.25) is 28.2 Å². The molecule has 8 nitrogen and oxygen atoms in total. The largest absolute Gasteiger partial charge is 0.495 e. The van der Waals surface area contributed by atoms with Gasteiger partial charge in [0.25, 0.3) is 0 Å². The molecule has 222 valence electrons. The normalized spacial score (nSPS) is 21.3. The van der Waals surface area contributed by atoms with E-state index in [4.69, 9.17) is 36.9 Å². The number of halogens is 2. The molecule has 1 saturated carbocycles. The van der Waals surface area contributed by atoms with Crippen LogP contribution in [-0.4, -0.2) is 44.7 Å². The third-order valence-corrected chi connectivity index (χ3v) is 13.4. The topological polar surface area (TPSA) is 101 Å². The molecule has 0 spiro atoms. The van der Waals surface area contributed by atoms with Crippen molar-refractivity contribution in [1.29, 1.82) is 5.26 Å². The van der Waals surface area contributed by atoms with Crippen LogP contribution in [0.3, 0.4) is 0 Å². The molecule has 0 amide bonds. The molecule has 2 atom stereocenters. The fourth-order valence-corrected chi connectivity index (χ4v) is 6.18. The Morgan fingerprint density at radius 3 is 2.49 bits per heavy atom. The summed E-state index contributed by atoms with van der Waals surface area (Å²) in [6.07, 6.45) is 5.47. The zero-order chi connectivity index (χ0) is 30.0. The fourth-order valence-electron chi connectivity index (χ4n) is 4.76. The lowest BCUT2D eigenvalue weighted by atomic mass is 9.73. The van der Waals surface area contributed by atoms with Gasteiger partial charge in [0.15, 0.2) is 14.1 Å². The van der Waals surface area contributed by atoms with Crippen LogP contribution in [0, 0.1) is 22.7 Å². The van der Waals surface area contributed by atoms with Crippen LogP contribution in [0.5, 0.6) is 0 Å². The van der Waals surface area contributed by atoms with Gasteiger partial charge >= 0.3 is 7.12 Å². The number of hydrogen-bond donors (Lipinski definition) is 2. The molecule has 41 heavy (non-hydrogen) atoms. The highest BCUT2D eigenvalue weighted by Gasteiger charge is 2.39. The highest BCUT2D eigenvalue weighted by atomic mass is 35.5. The minimum atomic E-state index is -2.05. The summed E-state index contributed by atoms with van der Waals surface area (Å²) in [7, 11) is -2.63. The number of nitriles is 1. The molecule has 2 aliphatic rings. The van der Waals surface area contributed by atoms with E-state index in [0.29, 0.717) is 47.3 Å². The maximum atomic E-state index is 9.58. The van der Waals surface area contributed by atoms with E-state index in [2.05, 4.69) is 74.4 Å². The molecule has 12 heteroatoms. The molecule has 1 aromatic carbocycles. The number of nitrogens with zero attached hydrogens (tertiary/aromatic N) is 3. The summed E-state index contributed by atoms with van der Waals surface area (Å²) in [5.74, 6) is 0.802. The van der Waals surface area contributed by atoms with E-state index in [1.54, 1.807) is 6.20 Å². The van der Waals surface area contributed by atoms with Gasteiger partial charge in [0.2, 0.25) is 5.95 Å². The number of aromatic nitrogens is 2. The second kappa shape index (κ2) is 12.8. The van der Waals surface area contributed by atoms with Crippen molar-refractivity contribution in [3.63, 3.8) is 0 Å². The average molecular weight is 618 g/mol. The Bertz CT molecular complexity index is 1270. The molecule has 2 heterocycles. The van der Waals surface area contributed by atoms with Gasteiger partial charge in [0.1, 0.15) is 5.02 Å². The smallest absolute Gasteiger partial charge is 0.413 e. The van der Waals surface area contributed by atoms with Crippen LogP contribution in [0.4, 0.5) is 17.5 Å². The summed E-state index contributed by atoms with van der Waals surface area (Å²) in [5.41, 5.74) is 2.32. The van der Waals surface area contributed by atoms with Crippen LogP contribution in [0.25, 0.3) is 0 Å². The van der Waals surface area contributed by atoms with Gasteiger partial charge in [-0.1, -0.05) is 70.7 Å². The van der Waals surface area contributed by atoms with Gasteiger partial charge in [-0.3, -0.25) is 0 Å². The highest BCUT2D eigenvalue weighted by Crippen LogP contribution is 2.37. The molecular formula is C29H42BCl2N5O3Si. The fraction of sp³-hybridized carbons (Fsp3) is 0.621. The van der Waals surface area contributed by atoms with Crippen LogP contribution >= 0.6 is 23.2 Å². The Kier molecular flexibility index (Phi) is 9.99. The summed E-state index contributed by atoms with van der Waals surface area (Å²) in [6, 6.07) is 6.25. The Labute approximate surface area is 256 Å². The predicted molar refractivity (Wildman–Crippen MR) is 170 cm³/mol. The maximum Gasteiger partial charge on any atom is 0.495 e. The molecule has 2 unspecified atom stereocenters. The van der Waals surface area contributed by atoms with Gasteiger partial charge in [0.05, 0.1) is 24.8 Å². The zero-order valence-corrected chi connectivity index (χ0v) is 27.7. The van der Waals surface area contributed by atoms with Gasteiger partial charge in [-0.05, 0) is 48.7 Å². The molecule has 2 aromatic rings. The monoisotopic (exact) mass is 617 g/mol. The Morgan fingerprint density at radius 1 is 1.15 bits per heavy atom. The SMILES string of the molecule is CC1(C)COB(c2c(Cl)cc(Nc3ncc(Cl)c(NC4CCCCC4C#N)n3)cc2CO[Si](C)(C)C(C)(C)C)OC1. The van der Waals surface area contributed by atoms with E-state index >= 15 is 0 Å². The first kappa shape index (κ1) is 32.1. The van der Waals surface area contributed by atoms with Gasteiger partial charge in [-0.25, -0.2) is 4.98 Å². The van der Waals surface area contributed by atoms with Crippen molar-refractivity contribution in [2.45, 2.75) is 91.1 Å². The molecule has 4 rings (SSSR count). The maximum absolute atomic E-state index is 9.58. The van der Waals surface area contributed by atoms with E-state index < -0.39 is 15.4 Å². The average Bonchev–Trinajstić information content (AvgIpc) is 2.89. The molecule has 1 aliphatic carbocycles. The van der Waals surface area contributed by atoms with Crippen molar-refractivity contribution in [2.75, 3.05) is 23.8 Å². The van der Waals surface area contributed by atoms with E-state index in [-0.39, 0.29) is 22.4 Å². The first-order valence-electron chi connectivity index (χ1n) is 14.3. The molecule has 0 radical (unpaired) electrons. The van der Waals surface area contributed by atoms with E-state index in [0.717, 1.165) is 36.7 Å². The molecule has 0 bridgehead atoms. The van der Waals surface area contributed by atoms with Crippen molar-refractivity contribution < 1.29 is 13.7 Å². The van der Waals surface area contributed by atoms with Gasteiger partial charge in [-0.2, -0.15) is 10.2 Å². The molecule has 2 fully saturated rings. The van der Waals surface area contributed by atoms with E-state index in [1.165, 1.54) is 0 Å². The third-order valence-electron chi connectivity index (χ3n) is 8.35. The lowest BCUT2D eigenvalue weighted by Crippen LogP contribution is -2.49. The summed E-state index contributed by atoms with van der Waals surface area (Å²) in [6.45, 7) is 16.9. The number of anilines is 3. The first-order chi connectivity index (χ1) is 19.2. The van der Waals surface area contributed by atoms with Crippen LogP contribution in [0.15, 0.2) is 18.3 Å². The number of rotatable bonds is 8. The minimum absolute atomic E-state index is 0.00212. The van der Waals surface area contributed by atoms with Crippen molar-refractivity contribution in [3.05, 3.63) is 33.9 Å². The Balaban J connectivity index is 1.61. The molecule has 1 aliphatic heterocycles. The van der Waals surface area contributed by atoms with E-state index in [9.17, 15) is 5.26 Å². The summed E-state index contributed by atoms with van der Waals surface area (Å²) in [5, 5.41) is 17.2. The molecule has 2 N–H and O–H groups in total. The Hall–Kier alpha value is -1.87. The van der Waals surface area contributed by atoms with Crippen molar-refractivity contribution >= 4 is 61.6 Å². The summed E-state index contributed by atoms with van der Waals surface area (Å²) < 4.78 is 18.9.